The van der Waals surface area contributed by atoms with Crippen LogP contribution in [0.25, 0.3) is 0 Å². The summed E-state index contributed by atoms with van der Waals surface area (Å²) >= 11 is 0. The highest BCUT2D eigenvalue weighted by Gasteiger charge is 2.17. The molecule has 3 N–H and O–H groups in total. The third-order valence-electron chi connectivity index (χ3n) is 2.30. The predicted molar refractivity (Wildman–Crippen MR) is 54.5 cm³/mol. The van der Waals surface area contributed by atoms with Crippen molar-refractivity contribution in [2.75, 3.05) is 0 Å². The quantitative estimate of drug-likeness (QED) is 0.737. The van der Waals surface area contributed by atoms with E-state index in [1.165, 1.54) is 0 Å². The molecule has 0 heterocycles. The van der Waals surface area contributed by atoms with Crippen molar-refractivity contribution in [3.05, 3.63) is 34.9 Å². The Labute approximate surface area is 83.8 Å². The van der Waals surface area contributed by atoms with E-state index >= 15 is 0 Å². The van der Waals surface area contributed by atoms with Gasteiger partial charge in [-0.3, -0.25) is 0 Å². The van der Waals surface area contributed by atoms with Gasteiger partial charge in [-0.25, -0.2) is 0 Å². The molecule has 0 bridgehead atoms. The summed E-state index contributed by atoms with van der Waals surface area (Å²) in [6, 6.07) is 7.00. The van der Waals surface area contributed by atoms with Crippen LogP contribution >= 0.6 is 0 Å². The predicted octanol–water partition coefficient (Wildman–Crippen LogP) is 1.25. The summed E-state index contributed by atoms with van der Waals surface area (Å²) in [5.74, 6) is 0. The largest absolute Gasteiger partial charge is 0.391 e. The number of nitrogens with zero attached hydrogens (tertiary/aromatic N) is 1. The van der Waals surface area contributed by atoms with Gasteiger partial charge < -0.3 is 10.8 Å². The average Bonchev–Trinajstić information content (AvgIpc) is 2.16. The Morgan fingerprint density at radius 3 is 2.64 bits per heavy atom. The van der Waals surface area contributed by atoms with Crippen molar-refractivity contribution < 1.29 is 5.11 Å². The van der Waals surface area contributed by atoms with E-state index in [1.807, 2.05) is 19.1 Å². The van der Waals surface area contributed by atoms with E-state index in [9.17, 15) is 5.11 Å². The summed E-state index contributed by atoms with van der Waals surface area (Å²) in [4.78, 5) is 0. The van der Waals surface area contributed by atoms with Gasteiger partial charge in [-0.05, 0) is 31.0 Å². The van der Waals surface area contributed by atoms with Gasteiger partial charge in [-0.15, -0.1) is 0 Å². The number of benzene rings is 1. The van der Waals surface area contributed by atoms with Crippen LogP contribution in [0.1, 0.15) is 29.7 Å². The van der Waals surface area contributed by atoms with Gasteiger partial charge in [0.15, 0.2) is 0 Å². The lowest BCUT2D eigenvalue weighted by Gasteiger charge is -2.18. The molecular formula is C11H14N2O. The van der Waals surface area contributed by atoms with Gasteiger partial charge in [0.2, 0.25) is 0 Å². The first kappa shape index (κ1) is 10.7. The lowest BCUT2D eigenvalue weighted by molar-refractivity contribution is 0.164. The molecule has 0 unspecified atom stereocenters. The van der Waals surface area contributed by atoms with Crippen molar-refractivity contribution in [2.45, 2.75) is 26.0 Å². The smallest absolute Gasteiger partial charge is 0.0995 e. The monoisotopic (exact) mass is 190 g/mol. The summed E-state index contributed by atoms with van der Waals surface area (Å²) in [6.07, 6.45) is -0.650. The molecular weight excluding hydrogens is 176 g/mol. The second-order valence-electron chi connectivity index (χ2n) is 3.41. The van der Waals surface area contributed by atoms with Gasteiger partial charge in [0, 0.05) is 0 Å². The van der Waals surface area contributed by atoms with Gasteiger partial charge in [-0.2, -0.15) is 5.26 Å². The molecule has 1 rings (SSSR count). The van der Waals surface area contributed by atoms with Crippen LogP contribution in [0.15, 0.2) is 18.2 Å². The summed E-state index contributed by atoms with van der Waals surface area (Å²) in [6.45, 7) is 3.51. The van der Waals surface area contributed by atoms with Gasteiger partial charge in [0.05, 0.1) is 23.8 Å². The van der Waals surface area contributed by atoms with Crippen LogP contribution in [0.2, 0.25) is 0 Å². The van der Waals surface area contributed by atoms with E-state index in [1.54, 1.807) is 13.0 Å². The molecule has 1 aromatic carbocycles. The fourth-order valence-corrected chi connectivity index (χ4v) is 1.46. The Bertz CT molecular complexity index is 366. The van der Waals surface area contributed by atoms with E-state index in [0.29, 0.717) is 5.56 Å². The molecule has 0 aliphatic rings. The number of hydrogen-bond acceptors (Lipinski definition) is 3. The maximum atomic E-state index is 9.38. The maximum absolute atomic E-state index is 9.38. The zero-order valence-corrected chi connectivity index (χ0v) is 8.36. The number of hydrogen-bond donors (Lipinski definition) is 2. The van der Waals surface area contributed by atoms with Crippen LogP contribution < -0.4 is 5.73 Å². The van der Waals surface area contributed by atoms with Crippen LogP contribution in [0, 0.1) is 18.3 Å². The maximum Gasteiger partial charge on any atom is 0.0995 e. The summed E-state index contributed by atoms with van der Waals surface area (Å²) in [5.41, 5.74) is 8.04. The first-order valence-electron chi connectivity index (χ1n) is 4.51. The standard InChI is InChI=1S/C11H14N2O/c1-7-4-3-5-9(6-12)10(7)11(13)8(2)14/h3-5,8,11,14H,13H2,1-2H3/t8-,11-/m1/s1. The molecule has 0 fully saturated rings. The van der Waals surface area contributed by atoms with E-state index in [-0.39, 0.29) is 0 Å². The van der Waals surface area contributed by atoms with Crippen LogP contribution in [0.5, 0.6) is 0 Å². The molecule has 0 amide bonds. The van der Waals surface area contributed by atoms with Gasteiger partial charge in [0.1, 0.15) is 0 Å². The lowest BCUT2D eigenvalue weighted by Crippen LogP contribution is -2.25. The molecule has 0 saturated carbocycles. The molecule has 3 heteroatoms. The van der Waals surface area contributed by atoms with Crippen LogP contribution in [0.4, 0.5) is 0 Å². The van der Waals surface area contributed by atoms with Crippen LogP contribution in [0.3, 0.4) is 0 Å². The number of rotatable bonds is 2. The SMILES string of the molecule is Cc1cccc(C#N)c1[C@H](N)[C@@H](C)O. The Morgan fingerprint density at radius 1 is 1.50 bits per heavy atom. The van der Waals surface area contributed by atoms with E-state index < -0.39 is 12.1 Å². The fourth-order valence-electron chi connectivity index (χ4n) is 1.46. The summed E-state index contributed by atoms with van der Waals surface area (Å²) in [5, 5.41) is 18.3. The molecule has 0 aliphatic carbocycles. The minimum Gasteiger partial charge on any atom is -0.391 e. The van der Waals surface area contributed by atoms with E-state index in [2.05, 4.69) is 6.07 Å². The zero-order chi connectivity index (χ0) is 10.7. The number of aliphatic hydroxyl groups excluding tert-OH is 1. The average molecular weight is 190 g/mol. The first-order chi connectivity index (χ1) is 6.57. The Hall–Kier alpha value is -1.37. The van der Waals surface area contributed by atoms with Crippen LogP contribution in [-0.4, -0.2) is 11.2 Å². The lowest BCUT2D eigenvalue weighted by atomic mass is 9.94. The molecule has 0 saturated heterocycles. The molecule has 1 aromatic rings. The number of aryl methyl sites for hydroxylation is 1. The molecule has 3 nitrogen and oxygen atoms in total. The topological polar surface area (TPSA) is 70.0 Å². The summed E-state index contributed by atoms with van der Waals surface area (Å²) < 4.78 is 0. The van der Waals surface area contributed by atoms with Crippen molar-refractivity contribution in [3.8, 4) is 6.07 Å². The fraction of sp³-hybridized carbons (Fsp3) is 0.364. The molecule has 0 aliphatic heterocycles. The van der Waals surface area contributed by atoms with Gasteiger partial charge in [-0.1, -0.05) is 12.1 Å². The Morgan fingerprint density at radius 2 is 2.14 bits per heavy atom. The van der Waals surface area contributed by atoms with Crippen molar-refractivity contribution >= 4 is 0 Å². The van der Waals surface area contributed by atoms with Crippen molar-refractivity contribution in [1.29, 1.82) is 5.26 Å². The third-order valence-corrected chi connectivity index (χ3v) is 2.30. The third kappa shape index (κ3) is 1.92. The highest BCUT2D eigenvalue weighted by molar-refractivity contribution is 5.44. The zero-order valence-electron chi connectivity index (χ0n) is 8.36. The van der Waals surface area contributed by atoms with E-state index in [0.717, 1.165) is 11.1 Å². The Kier molecular flexibility index (Phi) is 3.23. The number of aliphatic hydroxyl groups is 1. The van der Waals surface area contributed by atoms with Crippen molar-refractivity contribution in [1.82, 2.24) is 0 Å². The molecule has 0 radical (unpaired) electrons. The molecule has 2 atom stereocenters. The number of nitriles is 1. The molecule has 14 heavy (non-hydrogen) atoms. The van der Waals surface area contributed by atoms with Gasteiger partial charge in [0.25, 0.3) is 0 Å². The van der Waals surface area contributed by atoms with Crippen molar-refractivity contribution in [3.63, 3.8) is 0 Å². The second kappa shape index (κ2) is 4.23. The normalized spacial score (nSPS) is 14.5. The highest BCUT2D eigenvalue weighted by atomic mass is 16.3. The summed E-state index contributed by atoms with van der Waals surface area (Å²) in [7, 11) is 0. The number of nitrogens with two attached hydrogens (primary N) is 1. The van der Waals surface area contributed by atoms with Gasteiger partial charge >= 0.3 is 0 Å². The molecule has 0 aromatic heterocycles. The molecule has 0 spiro atoms. The first-order valence-corrected chi connectivity index (χ1v) is 4.51. The highest BCUT2D eigenvalue weighted by Crippen LogP contribution is 2.22. The minimum absolute atomic E-state index is 0.495. The van der Waals surface area contributed by atoms with E-state index in [4.69, 9.17) is 11.0 Å². The molecule has 74 valence electrons. The minimum atomic E-state index is -0.650. The second-order valence-corrected chi connectivity index (χ2v) is 3.41. The van der Waals surface area contributed by atoms with Crippen LogP contribution in [-0.2, 0) is 0 Å². The Balaban J connectivity index is 3.25. The van der Waals surface area contributed by atoms with Crippen molar-refractivity contribution in [2.24, 2.45) is 5.73 Å².